The van der Waals surface area contributed by atoms with Crippen LogP contribution in [0.25, 0.3) is 11.0 Å². The minimum Gasteiger partial charge on any atom is -0.497 e. The number of imidazole rings is 1. The molecule has 0 N–H and O–H groups in total. The molecule has 3 atom stereocenters. The monoisotopic (exact) mass is 559 g/mol. The lowest BCUT2D eigenvalue weighted by Gasteiger charge is -2.36. The number of hydrogen-bond donors (Lipinski definition) is 0. The third-order valence-corrected chi connectivity index (χ3v) is 12.0. The highest BCUT2D eigenvalue weighted by Gasteiger charge is 2.65. The van der Waals surface area contributed by atoms with Gasteiger partial charge in [0.05, 0.1) is 58.7 Å². The first-order valence-corrected chi connectivity index (χ1v) is 15.5. The van der Waals surface area contributed by atoms with Crippen LogP contribution in [0.1, 0.15) is 49.9 Å². The molecule has 0 spiro atoms. The van der Waals surface area contributed by atoms with Crippen molar-refractivity contribution in [1.29, 1.82) is 0 Å². The fourth-order valence-corrected chi connectivity index (χ4v) is 10.3. The maximum Gasteiger partial charge on any atom is 0.242 e. The number of methoxy groups -OCH3 is 2. The lowest BCUT2D eigenvalue weighted by Crippen LogP contribution is -2.43. The van der Waals surface area contributed by atoms with Gasteiger partial charge in [-0.05, 0) is 50.2 Å². The van der Waals surface area contributed by atoms with E-state index in [1.807, 2.05) is 27.7 Å². The molecule has 2 aliphatic carbocycles. The summed E-state index contributed by atoms with van der Waals surface area (Å²) in [5.41, 5.74) is 1.35. The number of carbonyl (C=O) groups is 1. The van der Waals surface area contributed by atoms with Crippen molar-refractivity contribution in [2.45, 2.75) is 57.9 Å². The minimum atomic E-state index is -4.16. The summed E-state index contributed by atoms with van der Waals surface area (Å²) in [4.78, 5) is 22.1. The Balaban J connectivity index is 1.63. The number of fused-ring (bicyclic) bond motifs is 3. The second-order valence-electron chi connectivity index (χ2n) is 11.0. The average Bonchev–Trinajstić information content (AvgIpc) is 3.42. The molecule has 0 amide bonds. The van der Waals surface area contributed by atoms with Gasteiger partial charge in [-0.2, -0.15) is 0 Å². The number of rotatable bonds is 8. The third-order valence-electron chi connectivity index (χ3n) is 8.86. The van der Waals surface area contributed by atoms with Crippen LogP contribution in [0.3, 0.4) is 0 Å². The molecule has 0 saturated heterocycles. The quantitative estimate of drug-likeness (QED) is 0.407. The van der Waals surface area contributed by atoms with E-state index in [-0.39, 0.29) is 33.9 Å². The zero-order chi connectivity index (χ0) is 27.6. The summed E-state index contributed by atoms with van der Waals surface area (Å²) in [5, 5.41) is -0.0943. The summed E-state index contributed by atoms with van der Waals surface area (Å²) >= 11 is 0. The minimum absolute atomic E-state index is 0.00132. The van der Waals surface area contributed by atoms with Crippen LogP contribution in [0.5, 0.6) is 11.5 Å². The molecule has 0 aliphatic heterocycles. The van der Waals surface area contributed by atoms with Gasteiger partial charge in [0.15, 0.2) is 0 Å². The molecule has 5 rings (SSSR count). The molecular weight excluding hydrogens is 526 g/mol. The van der Waals surface area contributed by atoms with Crippen molar-refractivity contribution < 1.29 is 26.9 Å². The second kappa shape index (κ2) is 9.15. The molecule has 2 aromatic heterocycles. The first-order valence-electron chi connectivity index (χ1n) is 12.6. The predicted octanol–water partition coefficient (Wildman–Crippen LogP) is 3.95. The van der Waals surface area contributed by atoms with Crippen LogP contribution in [0.15, 0.2) is 29.6 Å². The standard InChI is InChI=1S/C27H33N3O6S2/c1-16-13-28-21(17(2)24(16)36-6)14-37(32)25-29-20-8-7-19(35-5)12-22(20)30(25)38(33,34)15-27-10-9-18(11-23(27)31)26(27,3)4/h7-8,12-13,18H,9-11,14-15H2,1-6H3/t18?,27-,37+/m1/s1. The summed E-state index contributed by atoms with van der Waals surface area (Å²) in [6.07, 6.45) is 3.40. The molecule has 2 bridgehead atoms. The van der Waals surface area contributed by atoms with Crippen LogP contribution in [0, 0.1) is 30.6 Å². The molecular formula is C27H33N3O6S2. The van der Waals surface area contributed by atoms with Gasteiger partial charge in [0.25, 0.3) is 0 Å². The Hall–Kier alpha value is -2.79. The van der Waals surface area contributed by atoms with Crippen LogP contribution < -0.4 is 9.47 Å². The summed E-state index contributed by atoms with van der Waals surface area (Å²) in [6.45, 7) is 7.70. The number of ether oxygens (including phenoxy) is 2. The Morgan fingerprint density at radius 3 is 2.53 bits per heavy atom. The molecule has 0 radical (unpaired) electrons. The van der Waals surface area contributed by atoms with Gasteiger partial charge in [-0.15, -0.1) is 0 Å². The maximum absolute atomic E-state index is 14.2. The Kier molecular flexibility index (Phi) is 6.45. The fraction of sp³-hybridized carbons (Fsp3) is 0.519. The first kappa shape index (κ1) is 26.8. The van der Waals surface area contributed by atoms with E-state index < -0.39 is 31.7 Å². The van der Waals surface area contributed by atoms with Gasteiger partial charge < -0.3 is 9.47 Å². The van der Waals surface area contributed by atoms with Crippen LogP contribution in [-0.4, -0.2) is 52.3 Å². The van der Waals surface area contributed by atoms with Gasteiger partial charge in [-0.1, -0.05) is 13.8 Å². The highest BCUT2D eigenvalue weighted by atomic mass is 32.2. The smallest absolute Gasteiger partial charge is 0.242 e. The van der Waals surface area contributed by atoms with Gasteiger partial charge >= 0.3 is 0 Å². The van der Waals surface area contributed by atoms with E-state index >= 15 is 0 Å². The molecule has 38 heavy (non-hydrogen) atoms. The van der Waals surface area contributed by atoms with Gasteiger partial charge in [-0.25, -0.2) is 17.4 Å². The van der Waals surface area contributed by atoms with E-state index in [9.17, 15) is 17.4 Å². The molecule has 11 heteroatoms. The molecule has 2 aliphatic rings. The first-order chi connectivity index (χ1) is 17.9. The third kappa shape index (κ3) is 3.88. The SMILES string of the molecule is COc1ccc2nc([S@@](=O)Cc3ncc(C)c(OC)c3C)n(S(=O)(=O)C[C@]34CCC(CC3=O)C4(C)C)c2c1. The normalized spacial score (nSPS) is 23.2. The van der Waals surface area contributed by atoms with Crippen molar-refractivity contribution >= 4 is 37.6 Å². The number of carbonyl (C=O) groups excluding carboxylic acids is 1. The summed E-state index contributed by atoms with van der Waals surface area (Å²) in [7, 11) is -2.97. The van der Waals surface area contributed by atoms with Crippen LogP contribution in [-0.2, 0) is 31.4 Å². The van der Waals surface area contributed by atoms with E-state index in [0.717, 1.165) is 21.5 Å². The second-order valence-corrected chi connectivity index (χ2v) is 14.1. The molecule has 3 aromatic rings. The number of hydrogen-bond acceptors (Lipinski definition) is 8. The molecule has 2 heterocycles. The number of benzene rings is 1. The van der Waals surface area contributed by atoms with Gasteiger partial charge in [-0.3, -0.25) is 14.0 Å². The van der Waals surface area contributed by atoms with Gasteiger partial charge in [0.2, 0.25) is 15.2 Å². The molecule has 2 saturated carbocycles. The van der Waals surface area contributed by atoms with Crippen molar-refractivity contribution in [3.05, 3.63) is 41.2 Å². The van der Waals surface area contributed by atoms with E-state index in [1.165, 1.54) is 7.11 Å². The largest absolute Gasteiger partial charge is 0.497 e. The summed E-state index contributed by atoms with van der Waals surface area (Å²) in [5.74, 6) is 0.863. The van der Waals surface area contributed by atoms with Crippen molar-refractivity contribution in [2.75, 3.05) is 20.0 Å². The fourth-order valence-electron chi connectivity index (χ4n) is 6.44. The predicted molar refractivity (Wildman–Crippen MR) is 144 cm³/mol. The lowest BCUT2D eigenvalue weighted by molar-refractivity contribution is -0.128. The van der Waals surface area contributed by atoms with Crippen LogP contribution in [0.4, 0.5) is 0 Å². The van der Waals surface area contributed by atoms with E-state index in [2.05, 4.69) is 9.97 Å². The lowest BCUT2D eigenvalue weighted by atomic mass is 9.70. The number of pyridine rings is 1. The van der Waals surface area contributed by atoms with E-state index in [4.69, 9.17) is 9.47 Å². The van der Waals surface area contributed by atoms with Gasteiger partial charge in [0, 0.05) is 29.8 Å². The van der Waals surface area contributed by atoms with E-state index in [1.54, 1.807) is 31.5 Å². The van der Waals surface area contributed by atoms with Crippen LogP contribution >= 0.6 is 0 Å². The zero-order valence-corrected chi connectivity index (χ0v) is 24.2. The molecule has 1 unspecified atom stereocenters. The maximum atomic E-state index is 14.2. The highest BCUT2D eigenvalue weighted by Crippen LogP contribution is 2.64. The Bertz CT molecular complexity index is 1590. The molecule has 2 fully saturated rings. The number of ketones is 1. The number of aromatic nitrogens is 3. The number of nitrogens with zero attached hydrogens (tertiary/aromatic N) is 3. The van der Waals surface area contributed by atoms with E-state index in [0.29, 0.717) is 35.6 Å². The molecule has 204 valence electrons. The highest BCUT2D eigenvalue weighted by molar-refractivity contribution is 7.91. The van der Waals surface area contributed by atoms with Crippen LogP contribution in [0.2, 0.25) is 0 Å². The Morgan fingerprint density at radius 2 is 1.92 bits per heavy atom. The topological polar surface area (TPSA) is 117 Å². The van der Waals surface area contributed by atoms with Gasteiger partial charge in [0.1, 0.15) is 17.3 Å². The number of aryl methyl sites for hydroxylation is 1. The Morgan fingerprint density at radius 1 is 1.18 bits per heavy atom. The van der Waals surface area contributed by atoms with Crippen molar-refractivity contribution in [3.63, 3.8) is 0 Å². The Labute approximate surface area is 225 Å². The van der Waals surface area contributed by atoms with Crippen molar-refractivity contribution in [3.8, 4) is 11.5 Å². The van der Waals surface area contributed by atoms with Crippen molar-refractivity contribution in [2.24, 2.45) is 16.7 Å². The average molecular weight is 560 g/mol. The molecule has 1 aromatic carbocycles. The molecule has 9 nitrogen and oxygen atoms in total. The zero-order valence-electron chi connectivity index (χ0n) is 22.5. The number of Topliss-reactive ketones (excluding diaryl/α,β-unsaturated/α-hetero) is 1. The van der Waals surface area contributed by atoms with Crippen molar-refractivity contribution in [1.82, 2.24) is 13.9 Å². The summed E-state index contributed by atoms with van der Waals surface area (Å²) < 4.78 is 54.2. The summed E-state index contributed by atoms with van der Waals surface area (Å²) in [6, 6.07) is 4.91.